The van der Waals surface area contributed by atoms with Gasteiger partial charge < -0.3 is 29.9 Å². The maximum Gasteiger partial charge on any atom is 0.340 e. The lowest BCUT2D eigenvalue weighted by molar-refractivity contribution is 0.0646. The van der Waals surface area contributed by atoms with E-state index in [1.807, 2.05) is 0 Å². The highest BCUT2D eigenvalue weighted by Gasteiger charge is 2.32. The number of carboxylic acid groups (broad SMARTS) is 2. The minimum absolute atomic E-state index is 0.238. The van der Waals surface area contributed by atoms with Gasteiger partial charge in [-0.1, -0.05) is 30.3 Å². The number of phenols is 2. The van der Waals surface area contributed by atoms with E-state index in [-0.39, 0.29) is 11.3 Å². The first-order chi connectivity index (χ1) is 12.3. The number of rotatable bonds is 3. The Kier molecular flexibility index (Phi) is 3.76. The summed E-state index contributed by atoms with van der Waals surface area (Å²) in [5, 5.41) is 47.9. The van der Waals surface area contributed by atoms with Crippen LogP contribution >= 0.6 is 0 Å². The molecule has 9 nitrogen and oxygen atoms in total. The number of aromatic hydroxyl groups is 3. The molecular formula is C17H10O9. The van der Waals surface area contributed by atoms with E-state index in [4.69, 9.17) is 9.52 Å². The molecule has 1 aromatic heterocycles. The van der Waals surface area contributed by atoms with E-state index in [1.165, 1.54) is 12.1 Å². The molecule has 0 aliphatic carbocycles. The van der Waals surface area contributed by atoms with Crippen LogP contribution in [-0.4, -0.2) is 37.5 Å². The van der Waals surface area contributed by atoms with Crippen LogP contribution < -0.4 is 5.43 Å². The van der Waals surface area contributed by atoms with Crippen molar-refractivity contribution in [2.45, 2.75) is 0 Å². The number of fused-ring (bicyclic) bond motifs is 1. The number of hydrogen-bond donors (Lipinski definition) is 5. The minimum atomic E-state index is -1.89. The summed E-state index contributed by atoms with van der Waals surface area (Å²) in [5.74, 6) is -7.43. The van der Waals surface area contributed by atoms with E-state index >= 15 is 0 Å². The lowest BCUT2D eigenvalue weighted by Gasteiger charge is -2.12. The molecule has 26 heavy (non-hydrogen) atoms. The zero-order valence-corrected chi connectivity index (χ0v) is 12.8. The van der Waals surface area contributed by atoms with E-state index in [1.54, 1.807) is 18.2 Å². The zero-order chi connectivity index (χ0) is 19.2. The van der Waals surface area contributed by atoms with Crippen LogP contribution in [0.1, 0.15) is 20.7 Å². The molecule has 2 aromatic carbocycles. The van der Waals surface area contributed by atoms with Gasteiger partial charge in [-0.2, -0.15) is 0 Å². The molecule has 0 aliphatic rings. The summed E-state index contributed by atoms with van der Waals surface area (Å²) in [5.41, 5.74) is -4.08. The van der Waals surface area contributed by atoms with Gasteiger partial charge in [-0.05, 0) is 0 Å². The highest BCUT2D eigenvalue weighted by Crippen LogP contribution is 2.41. The Morgan fingerprint density at radius 3 is 1.88 bits per heavy atom. The Bertz CT molecular complexity index is 1130. The lowest BCUT2D eigenvalue weighted by atomic mass is 10.00. The highest BCUT2D eigenvalue weighted by molar-refractivity contribution is 6.12. The molecule has 5 N–H and O–H groups in total. The zero-order valence-electron chi connectivity index (χ0n) is 12.8. The van der Waals surface area contributed by atoms with Crippen LogP contribution in [0.25, 0.3) is 22.3 Å². The number of hydrogen-bond acceptors (Lipinski definition) is 7. The van der Waals surface area contributed by atoms with Crippen LogP contribution in [0.2, 0.25) is 0 Å². The number of carbonyl (C=O) groups is 2. The topological polar surface area (TPSA) is 165 Å². The second-order valence-corrected chi connectivity index (χ2v) is 5.24. The van der Waals surface area contributed by atoms with Crippen molar-refractivity contribution in [1.82, 2.24) is 0 Å². The smallest absolute Gasteiger partial charge is 0.340 e. The normalized spacial score (nSPS) is 10.8. The summed E-state index contributed by atoms with van der Waals surface area (Å²) in [7, 11) is 0. The number of benzene rings is 2. The predicted molar refractivity (Wildman–Crippen MR) is 86.8 cm³/mol. The molecule has 0 unspecified atom stereocenters. The average molecular weight is 358 g/mol. The molecular weight excluding hydrogens is 348 g/mol. The third kappa shape index (κ3) is 2.30. The van der Waals surface area contributed by atoms with Gasteiger partial charge in [0.15, 0.2) is 17.1 Å². The van der Waals surface area contributed by atoms with Gasteiger partial charge in [0.05, 0.1) is 0 Å². The van der Waals surface area contributed by atoms with Crippen molar-refractivity contribution in [2.75, 3.05) is 0 Å². The van der Waals surface area contributed by atoms with Gasteiger partial charge in [0.1, 0.15) is 22.3 Å². The molecule has 0 spiro atoms. The van der Waals surface area contributed by atoms with Crippen LogP contribution in [-0.2, 0) is 0 Å². The second-order valence-electron chi connectivity index (χ2n) is 5.24. The van der Waals surface area contributed by atoms with Crippen LogP contribution in [0.4, 0.5) is 0 Å². The van der Waals surface area contributed by atoms with E-state index in [9.17, 15) is 34.8 Å². The predicted octanol–water partition coefficient (Wildman–Crippen LogP) is 1.97. The molecule has 0 bridgehead atoms. The quantitative estimate of drug-likeness (QED) is 0.440. The van der Waals surface area contributed by atoms with Crippen molar-refractivity contribution < 1.29 is 39.5 Å². The fraction of sp³-hybridized carbons (Fsp3) is 0. The molecule has 132 valence electrons. The standard InChI is InChI=1S/C17H10O9/c18-10-7(16(22)23)8(17(24)25)12(20)15-9(10)11(19)13(21)14(26-15)6-4-2-1-3-5-6/h1-5,18,20-21H,(H,22,23)(H,24,25). The summed E-state index contributed by atoms with van der Waals surface area (Å²) in [6.45, 7) is 0. The van der Waals surface area contributed by atoms with Crippen molar-refractivity contribution in [3.63, 3.8) is 0 Å². The Hall–Kier alpha value is -4.01. The largest absolute Gasteiger partial charge is 0.506 e. The first-order valence-corrected chi connectivity index (χ1v) is 7.05. The summed E-state index contributed by atoms with van der Waals surface area (Å²) in [4.78, 5) is 35.1. The van der Waals surface area contributed by atoms with Crippen molar-refractivity contribution in [3.8, 4) is 28.6 Å². The van der Waals surface area contributed by atoms with Gasteiger partial charge in [0, 0.05) is 5.56 Å². The van der Waals surface area contributed by atoms with Gasteiger partial charge >= 0.3 is 11.9 Å². The van der Waals surface area contributed by atoms with Gasteiger partial charge in [-0.15, -0.1) is 0 Å². The lowest BCUT2D eigenvalue weighted by Crippen LogP contribution is -2.12. The summed E-state index contributed by atoms with van der Waals surface area (Å²) >= 11 is 0. The van der Waals surface area contributed by atoms with Gasteiger partial charge in [0.2, 0.25) is 11.2 Å². The Labute approximate surface area is 143 Å². The van der Waals surface area contributed by atoms with Crippen molar-refractivity contribution in [3.05, 3.63) is 51.7 Å². The molecule has 3 rings (SSSR count). The summed E-state index contributed by atoms with van der Waals surface area (Å²) in [6, 6.07) is 7.76. The first-order valence-electron chi connectivity index (χ1n) is 7.05. The third-order valence-corrected chi connectivity index (χ3v) is 3.73. The second kappa shape index (κ2) is 5.81. The van der Waals surface area contributed by atoms with Crippen molar-refractivity contribution in [1.29, 1.82) is 0 Å². The van der Waals surface area contributed by atoms with Gasteiger partial charge in [-0.3, -0.25) is 4.79 Å². The van der Waals surface area contributed by atoms with Crippen molar-refractivity contribution in [2.24, 2.45) is 0 Å². The SMILES string of the molecule is O=C(O)c1c(C(=O)O)c(O)c2c(=O)c(O)c(-c3ccccc3)oc2c1O. The molecule has 0 fully saturated rings. The fourth-order valence-corrected chi connectivity index (χ4v) is 2.58. The van der Waals surface area contributed by atoms with Crippen molar-refractivity contribution >= 4 is 22.9 Å². The summed E-state index contributed by atoms with van der Waals surface area (Å²) < 4.78 is 5.28. The van der Waals surface area contributed by atoms with Gasteiger partial charge in [-0.25, -0.2) is 9.59 Å². The molecule has 0 aliphatic heterocycles. The molecule has 0 radical (unpaired) electrons. The van der Waals surface area contributed by atoms with E-state index in [0.717, 1.165) is 0 Å². The molecule has 0 saturated heterocycles. The molecule has 3 aromatic rings. The monoisotopic (exact) mass is 358 g/mol. The molecule has 9 heteroatoms. The minimum Gasteiger partial charge on any atom is -0.506 e. The van der Waals surface area contributed by atoms with Gasteiger partial charge in [0.25, 0.3) is 0 Å². The average Bonchev–Trinajstić information content (AvgIpc) is 2.60. The maximum atomic E-state index is 12.4. The summed E-state index contributed by atoms with van der Waals surface area (Å²) in [6.07, 6.45) is 0. The van der Waals surface area contributed by atoms with Crippen LogP contribution in [0.3, 0.4) is 0 Å². The molecule has 0 amide bonds. The van der Waals surface area contributed by atoms with E-state index < -0.39 is 56.7 Å². The third-order valence-electron chi connectivity index (χ3n) is 3.73. The van der Waals surface area contributed by atoms with Crippen LogP contribution in [0, 0.1) is 0 Å². The molecule has 0 saturated carbocycles. The molecule has 1 heterocycles. The highest BCUT2D eigenvalue weighted by atomic mass is 16.4. The first kappa shape index (κ1) is 16.8. The number of aromatic carboxylic acids is 2. The number of carboxylic acids is 2. The van der Waals surface area contributed by atoms with E-state index in [0.29, 0.717) is 0 Å². The van der Waals surface area contributed by atoms with Crippen LogP contribution in [0.15, 0.2) is 39.5 Å². The Balaban J connectivity index is 2.56. The fourth-order valence-electron chi connectivity index (χ4n) is 2.58. The maximum absolute atomic E-state index is 12.4. The molecule has 0 atom stereocenters. The van der Waals surface area contributed by atoms with Crippen LogP contribution in [0.5, 0.6) is 17.2 Å². The Morgan fingerprint density at radius 2 is 1.35 bits per heavy atom. The van der Waals surface area contributed by atoms with E-state index in [2.05, 4.69) is 0 Å². The Morgan fingerprint density at radius 1 is 0.808 bits per heavy atom.